The van der Waals surface area contributed by atoms with Crippen LogP contribution in [0.2, 0.25) is 0 Å². The van der Waals surface area contributed by atoms with E-state index in [-0.39, 0.29) is 11.2 Å². The van der Waals surface area contributed by atoms with Gasteiger partial charge in [0.25, 0.3) is 5.85 Å². The normalized spacial score (nSPS) is 32.6. The van der Waals surface area contributed by atoms with E-state index < -0.39 is 30.4 Å². The number of hydrogen-bond acceptors (Lipinski definition) is 7. The molecule has 1 saturated heterocycles. The number of fused-ring (bicyclic) bond motifs is 1. The number of aliphatic hydroxyl groups excluding tert-OH is 2. The van der Waals surface area contributed by atoms with Gasteiger partial charge in [-0.05, 0) is 6.92 Å². The lowest BCUT2D eigenvalue weighted by atomic mass is 9.94. The number of nitriles is 1. The zero-order valence-electron chi connectivity index (χ0n) is 12.5. The summed E-state index contributed by atoms with van der Waals surface area (Å²) >= 11 is 0. The molecule has 0 bridgehead atoms. The number of hydrogen-bond donors (Lipinski definition) is 3. The SMILES string of the molecule is C#C[C@]1(O)[C@H](n2cc(C#N)c3c(C)ncnc32)O[C@](F)(CO)[C@H]1O. The van der Waals surface area contributed by atoms with Crippen molar-refractivity contribution >= 4 is 11.0 Å². The molecule has 3 heterocycles. The Labute approximate surface area is 135 Å². The molecule has 9 heteroatoms. The maximum Gasteiger partial charge on any atom is 0.264 e. The Morgan fingerprint density at radius 1 is 1.54 bits per heavy atom. The van der Waals surface area contributed by atoms with Gasteiger partial charge in [-0.15, -0.1) is 6.42 Å². The van der Waals surface area contributed by atoms with Crippen LogP contribution in [0.15, 0.2) is 12.5 Å². The summed E-state index contributed by atoms with van der Waals surface area (Å²) in [6.07, 6.45) is 3.97. The van der Waals surface area contributed by atoms with Gasteiger partial charge in [0.2, 0.25) is 5.60 Å². The van der Waals surface area contributed by atoms with Crippen molar-refractivity contribution in [1.29, 1.82) is 5.26 Å². The first-order chi connectivity index (χ1) is 11.3. The van der Waals surface area contributed by atoms with Crippen molar-refractivity contribution in [1.82, 2.24) is 14.5 Å². The first-order valence-corrected chi connectivity index (χ1v) is 6.90. The predicted octanol–water partition coefficient (Wildman–Crippen LogP) is -0.477. The lowest BCUT2D eigenvalue weighted by molar-refractivity contribution is -0.206. The van der Waals surface area contributed by atoms with Gasteiger partial charge in [-0.1, -0.05) is 5.92 Å². The minimum absolute atomic E-state index is 0.168. The van der Waals surface area contributed by atoms with Crippen LogP contribution in [0.5, 0.6) is 0 Å². The van der Waals surface area contributed by atoms with E-state index in [1.807, 2.05) is 12.0 Å². The van der Waals surface area contributed by atoms with Crippen LogP contribution in [0.1, 0.15) is 17.5 Å². The average molecular weight is 332 g/mol. The van der Waals surface area contributed by atoms with E-state index in [4.69, 9.17) is 16.3 Å². The van der Waals surface area contributed by atoms with E-state index in [0.717, 1.165) is 4.57 Å². The molecular formula is C15H13FN4O4. The summed E-state index contributed by atoms with van der Waals surface area (Å²) in [6.45, 7) is 0.438. The van der Waals surface area contributed by atoms with Gasteiger partial charge in [-0.2, -0.15) is 5.26 Å². The molecule has 4 atom stereocenters. The second-order valence-corrected chi connectivity index (χ2v) is 5.51. The minimum Gasteiger partial charge on any atom is -0.390 e. The Bertz CT molecular complexity index is 901. The number of nitrogens with zero attached hydrogens (tertiary/aromatic N) is 4. The Morgan fingerprint density at radius 3 is 2.83 bits per heavy atom. The standard InChI is InChI=1S/C15H13FN4O4/c1-3-14(23)12(22)15(16,6-21)24-13(14)20-5-9(4-17)10-8(2)18-7-19-11(10)20/h1,5,7,12-13,21-23H,6H2,2H3/t12-,13+,14+,15+/m0/s1. The Balaban J connectivity index is 2.27. The number of alkyl halides is 1. The number of aryl methyl sites for hydroxylation is 1. The first-order valence-electron chi connectivity index (χ1n) is 6.90. The highest BCUT2D eigenvalue weighted by Gasteiger charge is 2.64. The molecule has 2 aromatic rings. The minimum atomic E-state index is -2.96. The van der Waals surface area contributed by atoms with Crippen molar-refractivity contribution in [3.05, 3.63) is 23.8 Å². The number of rotatable bonds is 2. The monoisotopic (exact) mass is 332 g/mol. The molecule has 0 radical (unpaired) electrons. The van der Waals surface area contributed by atoms with Crippen LogP contribution in [-0.2, 0) is 4.74 Å². The molecular weight excluding hydrogens is 319 g/mol. The van der Waals surface area contributed by atoms with Crippen molar-refractivity contribution in [2.24, 2.45) is 0 Å². The van der Waals surface area contributed by atoms with Gasteiger partial charge in [0, 0.05) is 6.20 Å². The third-order valence-electron chi connectivity index (χ3n) is 4.13. The van der Waals surface area contributed by atoms with Gasteiger partial charge in [-0.25, -0.2) is 14.4 Å². The topological polar surface area (TPSA) is 124 Å². The number of aromatic nitrogens is 3. The summed E-state index contributed by atoms with van der Waals surface area (Å²) in [5, 5.41) is 39.4. The van der Waals surface area contributed by atoms with Gasteiger partial charge in [-0.3, -0.25) is 0 Å². The second-order valence-electron chi connectivity index (χ2n) is 5.51. The Morgan fingerprint density at radius 2 is 2.25 bits per heavy atom. The van der Waals surface area contributed by atoms with Crippen LogP contribution in [0.4, 0.5) is 4.39 Å². The predicted molar refractivity (Wildman–Crippen MR) is 77.8 cm³/mol. The number of halogens is 1. The van der Waals surface area contributed by atoms with E-state index in [9.17, 15) is 19.9 Å². The zero-order valence-corrected chi connectivity index (χ0v) is 12.5. The smallest absolute Gasteiger partial charge is 0.264 e. The lowest BCUT2D eigenvalue weighted by Gasteiger charge is -2.26. The molecule has 1 aliphatic heterocycles. The maximum atomic E-state index is 14.5. The van der Waals surface area contributed by atoms with Crippen LogP contribution < -0.4 is 0 Å². The summed E-state index contributed by atoms with van der Waals surface area (Å²) in [6, 6.07) is 1.95. The average Bonchev–Trinajstić information content (AvgIpc) is 3.06. The van der Waals surface area contributed by atoms with Crippen molar-refractivity contribution in [2.75, 3.05) is 6.61 Å². The van der Waals surface area contributed by atoms with Crippen LogP contribution in [0.25, 0.3) is 11.0 Å². The molecule has 8 nitrogen and oxygen atoms in total. The molecule has 0 unspecified atom stereocenters. The highest BCUT2D eigenvalue weighted by molar-refractivity contribution is 5.85. The Hall–Kier alpha value is -2.56. The number of terminal acetylenes is 1. The van der Waals surface area contributed by atoms with Crippen LogP contribution in [0, 0.1) is 30.6 Å². The van der Waals surface area contributed by atoms with E-state index in [0.29, 0.717) is 11.1 Å². The molecule has 24 heavy (non-hydrogen) atoms. The quantitative estimate of drug-likeness (QED) is 0.635. The molecule has 0 saturated carbocycles. The first kappa shape index (κ1) is 16.3. The van der Waals surface area contributed by atoms with E-state index in [1.165, 1.54) is 12.5 Å². The van der Waals surface area contributed by atoms with E-state index in [2.05, 4.69) is 9.97 Å². The highest BCUT2D eigenvalue weighted by atomic mass is 19.2. The molecule has 3 rings (SSSR count). The van der Waals surface area contributed by atoms with Crippen molar-refractivity contribution in [2.45, 2.75) is 30.7 Å². The van der Waals surface area contributed by atoms with Crippen LogP contribution in [-0.4, -0.2) is 54.0 Å². The number of aliphatic hydroxyl groups is 3. The lowest BCUT2D eigenvalue weighted by Crippen LogP contribution is -2.49. The van der Waals surface area contributed by atoms with Crippen LogP contribution >= 0.6 is 0 Å². The Kier molecular flexibility index (Phi) is 3.55. The van der Waals surface area contributed by atoms with E-state index in [1.54, 1.807) is 6.92 Å². The fourth-order valence-corrected chi connectivity index (χ4v) is 2.85. The summed E-state index contributed by atoms with van der Waals surface area (Å²) in [5.74, 6) is -1.04. The van der Waals surface area contributed by atoms with Gasteiger partial charge < -0.3 is 24.6 Å². The molecule has 1 fully saturated rings. The molecule has 124 valence electrons. The molecule has 3 N–H and O–H groups in total. The molecule has 2 aromatic heterocycles. The summed E-state index contributed by atoms with van der Waals surface area (Å²) in [7, 11) is 0. The second kappa shape index (κ2) is 5.23. The third kappa shape index (κ3) is 1.94. The highest BCUT2D eigenvalue weighted by Crippen LogP contribution is 2.46. The molecule has 0 amide bonds. The maximum absolute atomic E-state index is 14.5. The fourth-order valence-electron chi connectivity index (χ4n) is 2.85. The molecule has 0 aliphatic carbocycles. The van der Waals surface area contributed by atoms with Gasteiger partial charge in [0.15, 0.2) is 12.3 Å². The van der Waals surface area contributed by atoms with Gasteiger partial charge in [0.05, 0.1) is 16.6 Å². The van der Waals surface area contributed by atoms with Gasteiger partial charge in [0.1, 0.15) is 24.7 Å². The molecule has 1 aliphatic rings. The van der Waals surface area contributed by atoms with Gasteiger partial charge >= 0.3 is 0 Å². The van der Waals surface area contributed by atoms with Crippen molar-refractivity contribution in [3.63, 3.8) is 0 Å². The van der Waals surface area contributed by atoms with E-state index >= 15 is 0 Å². The van der Waals surface area contributed by atoms with Crippen LogP contribution in [0.3, 0.4) is 0 Å². The summed E-state index contributed by atoms with van der Waals surface area (Å²) in [4.78, 5) is 8.02. The fraction of sp³-hybridized carbons (Fsp3) is 0.400. The molecule has 0 spiro atoms. The summed E-state index contributed by atoms with van der Waals surface area (Å²) in [5.41, 5.74) is -1.64. The van der Waals surface area contributed by atoms with Crippen molar-refractivity contribution in [3.8, 4) is 18.4 Å². The van der Waals surface area contributed by atoms with Crippen molar-refractivity contribution < 1.29 is 24.4 Å². The summed E-state index contributed by atoms with van der Waals surface area (Å²) < 4.78 is 20.7. The third-order valence-corrected chi connectivity index (χ3v) is 4.13. The largest absolute Gasteiger partial charge is 0.390 e. The number of ether oxygens (including phenoxy) is 1. The zero-order chi connectivity index (χ0) is 17.7. The molecule has 0 aromatic carbocycles.